The van der Waals surface area contributed by atoms with Crippen molar-refractivity contribution in [2.45, 2.75) is 40.5 Å². The highest BCUT2D eigenvalue weighted by molar-refractivity contribution is 7.89. The van der Waals surface area contributed by atoms with Crippen LogP contribution >= 0.6 is 0 Å². The van der Waals surface area contributed by atoms with E-state index in [4.69, 9.17) is 5.26 Å². The molecule has 0 spiro atoms. The van der Waals surface area contributed by atoms with Gasteiger partial charge < -0.3 is 0 Å². The SMILES string of the molecule is CCCN(CC#N)S(=O)(=O)CCC(C)(C)C. The van der Waals surface area contributed by atoms with Crippen molar-refractivity contribution in [3.63, 3.8) is 0 Å². The zero-order valence-corrected chi connectivity index (χ0v) is 11.5. The predicted molar refractivity (Wildman–Crippen MR) is 65.3 cm³/mol. The molecule has 0 aliphatic rings. The lowest BCUT2D eigenvalue weighted by Gasteiger charge is -2.22. The summed E-state index contributed by atoms with van der Waals surface area (Å²) in [5, 5.41) is 8.60. The van der Waals surface area contributed by atoms with Crippen molar-refractivity contribution in [3.8, 4) is 6.07 Å². The summed E-state index contributed by atoms with van der Waals surface area (Å²) in [4.78, 5) is 0. The van der Waals surface area contributed by atoms with Crippen LogP contribution in [0.25, 0.3) is 0 Å². The molecule has 0 N–H and O–H groups in total. The van der Waals surface area contributed by atoms with Gasteiger partial charge in [-0.15, -0.1) is 0 Å². The van der Waals surface area contributed by atoms with E-state index in [1.807, 2.05) is 33.8 Å². The van der Waals surface area contributed by atoms with E-state index in [1.165, 1.54) is 4.31 Å². The fraction of sp³-hybridized carbons (Fsp3) is 0.909. The first-order valence-corrected chi connectivity index (χ1v) is 7.18. The molecule has 0 saturated heterocycles. The molecule has 0 atom stereocenters. The van der Waals surface area contributed by atoms with E-state index in [9.17, 15) is 8.42 Å². The van der Waals surface area contributed by atoms with E-state index >= 15 is 0 Å². The van der Waals surface area contributed by atoms with Crippen LogP contribution in [-0.2, 0) is 10.0 Å². The molecule has 0 aromatic carbocycles. The highest BCUT2D eigenvalue weighted by Crippen LogP contribution is 2.20. The largest absolute Gasteiger partial charge is 0.215 e. The predicted octanol–water partition coefficient (Wildman–Crippen LogP) is 1.99. The molecule has 0 aliphatic carbocycles. The number of hydrogen-bond donors (Lipinski definition) is 0. The van der Waals surface area contributed by atoms with Crippen molar-refractivity contribution in [2.24, 2.45) is 5.41 Å². The van der Waals surface area contributed by atoms with Crippen molar-refractivity contribution in [1.29, 1.82) is 5.26 Å². The van der Waals surface area contributed by atoms with Gasteiger partial charge in [0.05, 0.1) is 11.8 Å². The maximum Gasteiger partial charge on any atom is 0.215 e. The highest BCUT2D eigenvalue weighted by Gasteiger charge is 2.23. The van der Waals surface area contributed by atoms with E-state index < -0.39 is 10.0 Å². The number of nitriles is 1. The molecule has 94 valence electrons. The minimum absolute atomic E-state index is 0.00238. The molecule has 0 unspecified atom stereocenters. The fourth-order valence-corrected chi connectivity index (χ4v) is 3.05. The maximum absolute atomic E-state index is 11.9. The van der Waals surface area contributed by atoms with Crippen LogP contribution in [0.15, 0.2) is 0 Å². The molecule has 0 heterocycles. The molecule has 0 amide bonds. The van der Waals surface area contributed by atoms with Crippen LogP contribution in [0.4, 0.5) is 0 Å². The lowest BCUT2D eigenvalue weighted by molar-refractivity contribution is 0.385. The smallest absolute Gasteiger partial charge is 0.212 e. The van der Waals surface area contributed by atoms with Crippen molar-refractivity contribution < 1.29 is 8.42 Å². The van der Waals surface area contributed by atoms with Gasteiger partial charge in [0.15, 0.2) is 0 Å². The van der Waals surface area contributed by atoms with Crippen molar-refractivity contribution in [3.05, 3.63) is 0 Å². The minimum Gasteiger partial charge on any atom is -0.212 e. The minimum atomic E-state index is -3.27. The van der Waals surface area contributed by atoms with Crippen molar-refractivity contribution in [2.75, 3.05) is 18.8 Å². The van der Waals surface area contributed by atoms with Crippen LogP contribution in [0.1, 0.15) is 40.5 Å². The van der Waals surface area contributed by atoms with Gasteiger partial charge in [0.1, 0.15) is 6.54 Å². The van der Waals surface area contributed by atoms with E-state index in [0.29, 0.717) is 13.0 Å². The third-order valence-electron chi connectivity index (χ3n) is 2.22. The quantitative estimate of drug-likeness (QED) is 0.673. The molecule has 5 heteroatoms. The van der Waals surface area contributed by atoms with Crippen LogP contribution in [0, 0.1) is 16.7 Å². The third-order valence-corrected chi connectivity index (χ3v) is 4.04. The summed E-state index contributed by atoms with van der Waals surface area (Å²) in [5.41, 5.74) is -0.00238. The molecule has 0 aromatic heterocycles. The topological polar surface area (TPSA) is 61.2 Å². The average molecular weight is 246 g/mol. The molecule has 0 radical (unpaired) electrons. The Hall–Kier alpha value is -0.600. The molecule has 0 fully saturated rings. The highest BCUT2D eigenvalue weighted by atomic mass is 32.2. The Bertz CT molecular complexity index is 336. The summed E-state index contributed by atoms with van der Waals surface area (Å²) in [6, 6.07) is 1.90. The second-order valence-electron chi connectivity index (χ2n) is 5.12. The Labute approximate surface area is 99.3 Å². The van der Waals surface area contributed by atoms with Gasteiger partial charge in [-0.1, -0.05) is 27.7 Å². The van der Waals surface area contributed by atoms with Gasteiger partial charge in [-0.2, -0.15) is 9.57 Å². The van der Waals surface area contributed by atoms with Crippen LogP contribution in [0.5, 0.6) is 0 Å². The monoisotopic (exact) mass is 246 g/mol. The second-order valence-corrected chi connectivity index (χ2v) is 7.21. The lowest BCUT2D eigenvalue weighted by Crippen LogP contribution is -2.35. The van der Waals surface area contributed by atoms with Crippen molar-refractivity contribution >= 4 is 10.0 Å². The van der Waals surface area contributed by atoms with Gasteiger partial charge in [0.2, 0.25) is 10.0 Å². The van der Waals surface area contributed by atoms with Gasteiger partial charge >= 0.3 is 0 Å². The van der Waals surface area contributed by atoms with E-state index in [-0.39, 0.29) is 17.7 Å². The first-order valence-electron chi connectivity index (χ1n) is 5.57. The summed E-state index contributed by atoms with van der Waals surface area (Å²) in [6.07, 6.45) is 1.34. The molecule has 0 aromatic rings. The average Bonchev–Trinajstić information content (AvgIpc) is 2.14. The number of nitrogens with zero attached hydrogens (tertiary/aromatic N) is 2. The lowest BCUT2D eigenvalue weighted by atomic mass is 9.94. The first-order chi connectivity index (χ1) is 7.23. The van der Waals surface area contributed by atoms with E-state index in [2.05, 4.69) is 0 Å². The van der Waals surface area contributed by atoms with Gasteiger partial charge in [0.25, 0.3) is 0 Å². The fourth-order valence-electron chi connectivity index (χ4n) is 1.21. The molecular weight excluding hydrogens is 224 g/mol. The number of sulfonamides is 1. The zero-order valence-electron chi connectivity index (χ0n) is 10.7. The van der Waals surface area contributed by atoms with Gasteiger partial charge in [-0.05, 0) is 18.3 Å². The second kappa shape index (κ2) is 6.21. The molecule has 0 aliphatic heterocycles. The standard InChI is InChI=1S/C11H22N2O2S/c1-5-8-13(9-7-12)16(14,15)10-6-11(2,3)4/h5-6,8-10H2,1-4H3. The van der Waals surface area contributed by atoms with Crippen molar-refractivity contribution in [1.82, 2.24) is 4.31 Å². The number of hydrogen-bond acceptors (Lipinski definition) is 3. The molecular formula is C11H22N2O2S. The Kier molecular flexibility index (Phi) is 5.98. The van der Waals surface area contributed by atoms with Crippen LogP contribution in [0.2, 0.25) is 0 Å². The van der Waals surface area contributed by atoms with Crippen LogP contribution < -0.4 is 0 Å². The Morgan fingerprint density at radius 1 is 1.31 bits per heavy atom. The molecule has 16 heavy (non-hydrogen) atoms. The van der Waals surface area contributed by atoms with Gasteiger partial charge in [0, 0.05) is 6.54 Å². The Morgan fingerprint density at radius 2 is 1.88 bits per heavy atom. The normalized spacial score (nSPS) is 12.8. The third kappa shape index (κ3) is 6.09. The maximum atomic E-state index is 11.9. The summed E-state index contributed by atoms with van der Waals surface area (Å²) >= 11 is 0. The van der Waals surface area contributed by atoms with Gasteiger partial charge in [-0.25, -0.2) is 8.42 Å². The summed E-state index contributed by atoms with van der Waals surface area (Å²) in [7, 11) is -3.27. The van der Waals surface area contributed by atoms with Crippen LogP contribution in [0.3, 0.4) is 0 Å². The zero-order chi connectivity index (χ0) is 12.8. The summed E-state index contributed by atoms with van der Waals surface area (Å²) < 4.78 is 25.1. The summed E-state index contributed by atoms with van der Waals surface area (Å²) in [5.74, 6) is 0.123. The van der Waals surface area contributed by atoms with Gasteiger partial charge in [-0.3, -0.25) is 0 Å². The van der Waals surface area contributed by atoms with Crippen LogP contribution in [-0.4, -0.2) is 31.6 Å². The van der Waals surface area contributed by atoms with E-state index in [0.717, 1.165) is 6.42 Å². The Balaban J connectivity index is 4.55. The summed E-state index contributed by atoms with van der Waals surface area (Å²) in [6.45, 7) is 8.33. The molecule has 4 nitrogen and oxygen atoms in total. The number of rotatable bonds is 6. The molecule has 0 saturated carbocycles. The molecule has 0 rings (SSSR count). The first kappa shape index (κ1) is 15.4. The van der Waals surface area contributed by atoms with E-state index in [1.54, 1.807) is 0 Å². The molecule has 0 bridgehead atoms. The Morgan fingerprint density at radius 3 is 2.25 bits per heavy atom.